The van der Waals surface area contributed by atoms with Gasteiger partial charge in [0.15, 0.2) is 0 Å². The molecule has 0 bridgehead atoms. The number of Topliss-reactive ketones (excluding diaryl/α,β-unsaturated/α-hetero) is 1. The van der Waals surface area contributed by atoms with E-state index < -0.39 is 0 Å². The Morgan fingerprint density at radius 3 is 1.10 bits per heavy atom. The lowest BCUT2D eigenvalue weighted by Crippen LogP contribution is -2.25. The van der Waals surface area contributed by atoms with E-state index in [2.05, 4.69) is 72.5 Å². The Hall–Kier alpha value is -6.42. The van der Waals surface area contributed by atoms with Crippen molar-refractivity contribution in [1.82, 2.24) is 0 Å². The second-order valence-electron chi connectivity index (χ2n) is 18.8. The number of nitrogen functional groups attached to an aromatic ring is 1. The van der Waals surface area contributed by atoms with Crippen LogP contribution in [0.1, 0.15) is 129 Å². The predicted octanol–water partition coefficient (Wildman–Crippen LogP) is 13.2. The fourth-order valence-corrected chi connectivity index (χ4v) is 9.03. The van der Waals surface area contributed by atoms with Gasteiger partial charge in [-0.25, -0.2) is 14.4 Å². The van der Waals surface area contributed by atoms with Crippen molar-refractivity contribution in [2.45, 2.75) is 110 Å². The number of anilines is 3. The van der Waals surface area contributed by atoms with Gasteiger partial charge in [-0.2, -0.15) is 0 Å². The minimum Gasteiger partial charge on any atom is -0.465 e. The number of rotatable bonds is 7. The van der Waals surface area contributed by atoms with Crippen molar-refractivity contribution in [2.75, 3.05) is 37.7 Å². The fourth-order valence-electron chi connectivity index (χ4n) is 9.03. The summed E-state index contributed by atoms with van der Waals surface area (Å²) < 4.78 is 14.2. The van der Waals surface area contributed by atoms with Crippen LogP contribution in [0.3, 0.4) is 0 Å². The molecule has 0 spiro atoms. The fraction of sp³-hybridized carbons (Fsp3) is 0.404. The third-order valence-electron chi connectivity index (χ3n) is 13.4. The van der Waals surface area contributed by atoms with Gasteiger partial charge in [0.2, 0.25) is 0 Å². The molecule has 6 aromatic carbocycles. The highest BCUT2D eigenvalue weighted by Crippen LogP contribution is 2.30. The van der Waals surface area contributed by atoms with Gasteiger partial charge in [-0.1, -0.05) is 57.2 Å². The molecule has 3 saturated carbocycles. The Kier molecular flexibility index (Phi) is 18.2. The summed E-state index contributed by atoms with van der Waals surface area (Å²) in [4.78, 5) is 45.0. The van der Waals surface area contributed by atoms with Crippen LogP contribution in [0.25, 0.3) is 32.3 Å². The molecule has 0 unspecified atom stereocenters. The SMILES string of the molecule is CC1CCC(=O)CC1.COC(=O)c1ccc2cc(N)ccc2c1.COC(=O)c1ccc2cc(NC3CCC(C)CC3)ccc2c1.COC(=O)c1ccc2cc(NC3CCC(C)CC3)ccc2c1. The molecule has 3 aliphatic rings. The van der Waals surface area contributed by atoms with Gasteiger partial charge < -0.3 is 30.6 Å². The number of nitrogens with two attached hydrogens (primary N) is 1. The molecule has 3 fully saturated rings. The van der Waals surface area contributed by atoms with Crippen molar-refractivity contribution >= 4 is 73.1 Å². The van der Waals surface area contributed by atoms with Gasteiger partial charge in [-0.3, -0.25) is 4.79 Å². The summed E-state index contributed by atoms with van der Waals surface area (Å²) in [6.45, 7) is 6.89. The lowest BCUT2D eigenvalue weighted by Gasteiger charge is -2.27. The quantitative estimate of drug-likeness (QED) is 0.0804. The first-order valence-electron chi connectivity index (χ1n) is 24.0. The standard InChI is InChI=1S/2C19H23NO2.C12H11NO2.C7H12O/c2*1-13-3-8-17(9-4-13)20-18-10-7-14-11-16(19(21)22-2)6-5-15(14)12-18;1-15-12(14)10-3-2-9-7-11(13)5-4-8(9)6-10;1-6-2-4-7(8)5-3-6/h2*5-7,10-13,17,20H,3-4,8-9H2,1-2H3;2-7H,13H2,1H3;6H,2-5H2,1H3. The molecule has 0 saturated heterocycles. The molecule has 0 radical (unpaired) electrons. The number of fused-ring (bicyclic) bond motifs is 3. The number of ether oxygens (including phenoxy) is 3. The molecule has 0 aromatic heterocycles. The van der Waals surface area contributed by atoms with E-state index in [1.54, 1.807) is 12.1 Å². The van der Waals surface area contributed by atoms with E-state index in [4.69, 9.17) is 15.2 Å². The van der Waals surface area contributed by atoms with E-state index in [-0.39, 0.29) is 17.9 Å². The summed E-state index contributed by atoms with van der Waals surface area (Å²) in [7, 11) is 4.19. The third kappa shape index (κ3) is 14.8. The van der Waals surface area contributed by atoms with Crippen molar-refractivity contribution in [2.24, 2.45) is 17.8 Å². The van der Waals surface area contributed by atoms with Crippen LogP contribution in [0, 0.1) is 17.8 Å². The number of carbonyl (C=O) groups is 4. The maximum absolute atomic E-state index is 11.6. The Balaban J connectivity index is 0.000000155. The van der Waals surface area contributed by atoms with Crippen LogP contribution < -0.4 is 16.4 Å². The monoisotopic (exact) mass is 908 g/mol. The van der Waals surface area contributed by atoms with E-state index in [0.717, 1.165) is 87.1 Å². The molecular weight excluding hydrogens is 839 g/mol. The second kappa shape index (κ2) is 24.4. The molecule has 0 atom stereocenters. The maximum Gasteiger partial charge on any atom is 0.337 e. The van der Waals surface area contributed by atoms with Crippen LogP contribution in [0.2, 0.25) is 0 Å². The molecule has 0 amide bonds. The Morgan fingerprint density at radius 1 is 0.433 bits per heavy atom. The number of nitrogens with one attached hydrogen (secondary N) is 2. The van der Waals surface area contributed by atoms with E-state index in [1.165, 1.54) is 72.7 Å². The van der Waals surface area contributed by atoms with Crippen molar-refractivity contribution in [3.63, 3.8) is 0 Å². The van der Waals surface area contributed by atoms with Gasteiger partial charge in [0.1, 0.15) is 5.78 Å². The molecule has 67 heavy (non-hydrogen) atoms. The number of hydrogen-bond donors (Lipinski definition) is 3. The first-order valence-corrected chi connectivity index (χ1v) is 24.0. The van der Waals surface area contributed by atoms with Gasteiger partial charge in [-0.15, -0.1) is 0 Å². The molecule has 4 N–H and O–H groups in total. The van der Waals surface area contributed by atoms with Gasteiger partial charge in [-0.05, 0) is 187 Å². The van der Waals surface area contributed by atoms with E-state index in [1.807, 2.05) is 60.7 Å². The highest BCUT2D eigenvalue weighted by atomic mass is 16.5. The van der Waals surface area contributed by atoms with Crippen LogP contribution in [-0.2, 0) is 19.0 Å². The van der Waals surface area contributed by atoms with Crippen LogP contribution in [0.5, 0.6) is 0 Å². The topological polar surface area (TPSA) is 146 Å². The summed E-state index contributed by atoms with van der Waals surface area (Å²) in [5.41, 5.74) is 10.4. The zero-order chi connectivity index (χ0) is 47.9. The molecule has 0 heterocycles. The average molecular weight is 908 g/mol. The zero-order valence-electron chi connectivity index (χ0n) is 40.2. The number of hydrogen-bond acceptors (Lipinski definition) is 10. The summed E-state index contributed by atoms with van der Waals surface area (Å²) in [5.74, 6) is 2.09. The molecular formula is C57H69N3O7. The van der Waals surface area contributed by atoms with E-state index >= 15 is 0 Å². The van der Waals surface area contributed by atoms with E-state index in [0.29, 0.717) is 40.2 Å². The average Bonchev–Trinajstić information content (AvgIpc) is 3.35. The number of benzene rings is 6. The molecule has 0 aliphatic heterocycles. The summed E-state index contributed by atoms with van der Waals surface area (Å²) in [6, 6.07) is 36.1. The second-order valence-corrected chi connectivity index (χ2v) is 18.8. The summed E-state index contributed by atoms with van der Waals surface area (Å²) >= 11 is 0. The lowest BCUT2D eigenvalue weighted by atomic mass is 9.87. The van der Waals surface area contributed by atoms with Crippen LogP contribution in [0.15, 0.2) is 109 Å². The maximum atomic E-state index is 11.6. The van der Waals surface area contributed by atoms with Gasteiger partial charge in [0, 0.05) is 42.0 Å². The highest BCUT2D eigenvalue weighted by molar-refractivity contribution is 5.98. The predicted molar refractivity (Wildman–Crippen MR) is 273 cm³/mol. The molecule has 3 aliphatic carbocycles. The van der Waals surface area contributed by atoms with Crippen molar-refractivity contribution in [3.8, 4) is 0 Å². The minimum atomic E-state index is -0.325. The number of esters is 3. The lowest BCUT2D eigenvalue weighted by molar-refractivity contribution is -0.120. The first kappa shape index (κ1) is 50.0. The largest absolute Gasteiger partial charge is 0.465 e. The van der Waals surface area contributed by atoms with Crippen LogP contribution >= 0.6 is 0 Å². The molecule has 10 nitrogen and oxygen atoms in total. The smallest absolute Gasteiger partial charge is 0.337 e. The molecule has 9 rings (SSSR count). The van der Waals surface area contributed by atoms with Crippen LogP contribution in [0.4, 0.5) is 17.1 Å². The van der Waals surface area contributed by atoms with Gasteiger partial charge in [0.05, 0.1) is 38.0 Å². The third-order valence-corrected chi connectivity index (χ3v) is 13.4. The number of methoxy groups -OCH3 is 3. The van der Waals surface area contributed by atoms with Crippen molar-refractivity contribution < 1.29 is 33.4 Å². The Morgan fingerprint density at radius 2 is 0.746 bits per heavy atom. The van der Waals surface area contributed by atoms with Crippen LogP contribution in [-0.4, -0.2) is 57.1 Å². The number of ketones is 1. The number of carbonyl (C=O) groups excluding carboxylic acids is 4. The van der Waals surface area contributed by atoms with E-state index in [9.17, 15) is 19.2 Å². The summed E-state index contributed by atoms with van der Waals surface area (Å²) in [5, 5.41) is 13.7. The Labute approximate surface area is 396 Å². The molecule has 10 heteroatoms. The van der Waals surface area contributed by atoms with Crippen molar-refractivity contribution in [3.05, 3.63) is 126 Å². The Bertz CT molecular complexity index is 2500. The van der Waals surface area contributed by atoms with Gasteiger partial charge in [0.25, 0.3) is 0 Å². The first-order chi connectivity index (χ1) is 32.3. The molecule has 6 aromatic rings. The highest BCUT2D eigenvalue weighted by Gasteiger charge is 2.20. The molecule has 354 valence electrons. The summed E-state index contributed by atoms with van der Waals surface area (Å²) in [6.07, 6.45) is 14.2. The minimum absolute atomic E-state index is 0.291. The normalized spacial score (nSPS) is 19.3. The zero-order valence-corrected chi connectivity index (χ0v) is 40.2. The van der Waals surface area contributed by atoms with Crippen molar-refractivity contribution in [1.29, 1.82) is 0 Å². The van der Waals surface area contributed by atoms with Gasteiger partial charge >= 0.3 is 17.9 Å².